The van der Waals surface area contributed by atoms with Gasteiger partial charge in [0, 0.05) is 61.7 Å². The Labute approximate surface area is 178 Å². The maximum atomic E-state index is 11.6. The van der Waals surface area contributed by atoms with Gasteiger partial charge in [0.1, 0.15) is 5.65 Å². The number of piperidine rings is 1. The number of nitrogens with zero attached hydrogens (tertiary/aromatic N) is 6. The fraction of sp³-hybridized carbons (Fsp3) is 0.409. The molecule has 2 N–H and O–H groups in total. The summed E-state index contributed by atoms with van der Waals surface area (Å²) in [5, 5.41) is 8.64. The van der Waals surface area contributed by atoms with E-state index in [-0.39, 0.29) is 5.91 Å². The maximum absolute atomic E-state index is 11.6. The molecule has 1 saturated carbocycles. The third kappa shape index (κ3) is 3.11. The van der Waals surface area contributed by atoms with E-state index in [1.807, 2.05) is 35.6 Å². The van der Waals surface area contributed by atoms with Crippen LogP contribution in [0.4, 0.5) is 5.95 Å². The van der Waals surface area contributed by atoms with Gasteiger partial charge in [0.05, 0.1) is 11.9 Å². The lowest BCUT2D eigenvalue weighted by Crippen LogP contribution is -2.52. The van der Waals surface area contributed by atoms with Crippen LogP contribution in [0.25, 0.3) is 27.9 Å². The Bertz CT molecular complexity index is 1280. The molecule has 9 heteroatoms. The van der Waals surface area contributed by atoms with Gasteiger partial charge in [-0.3, -0.25) is 4.79 Å². The molecular weight excluding hydrogens is 392 g/mol. The molecule has 0 bridgehead atoms. The van der Waals surface area contributed by atoms with Gasteiger partial charge >= 0.3 is 0 Å². The molecule has 31 heavy (non-hydrogen) atoms. The average molecular weight is 416 g/mol. The lowest BCUT2D eigenvalue weighted by Gasteiger charge is -2.52. The summed E-state index contributed by atoms with van der Waals surface area (Å²) in [6, 6.07) is 4.22. The molecule has 1 amide bonds. The van der Waals surface area contributed by atoms with E-state index in [1.165, 1.54) is 0 Å². The number of amides is 1. The Hall–Kier alpha value is -3.49. The third-order valence-corrected chi connectivity index (χ3v) is 6.93. The van der Waals surface area contributed by atoms with Crippen molar-refractivity contribution >= 4 is 28.5 Å². The third-order valence-electron chi connectivity index (χ3n) is 6.93. The minimum absolute atomic E-state index is 0.191. The zero-order valence-electron chi connectivity index (χ0n) is 17.4. The van der Waals surface area contributed by atoms with Crippen LogP contribution in [0.15, 0.2) is 36.9 Å². The maximum Gasteiger partial charge on any atom is 0.224 e. The molecule has 0 aromatic carbocycles. The number of carbonyl (C=O) groups excluding carboxylic acids is 1. The monoisotopic (exact) mass is 416 g/mol. The van der Waals surface area contributed by atoms with E-state index in [2.05, 4.69) is 30.4 Å². The second-order valence-corrected chi connectivity index (χ2v) is 8.86. The standard InChI is InChI=1S/C22H24N8O/c1-14(31)29-8-4-22(5-9-29)10-15(11-22)26-21-24-13-17-16(12-23-20(17)28-21)18-3-7-30-19(27-18)2-6-25-30/h2-3,6-7,12-13,15H,4-5,8-11H2,1H3,(H2,23,24,26,28). The van der Waals surface area contributed by atoms with E-state index in [1.54, 1.807) is 17.6 Å². The van der Waals surface area contributed by atoms with Crippen molar-refractivity contribution in [3.8, 4) is 11.3 Å². The molecule has 2 fully saturated rings. The number of fused-ring (bicyclic) bond motifs is 2. The minimum atomic E-state index is 0.191. The topological polar surface area (TPSA) is 104 Å². The van der Waals surface area contributed by atoms with Crippen LogP contribution in [0, 0.1) is 5.41 Å². The Balaban J connectivity index is 1.15. The Morgan fingerprint density at radius 2 is 2.06 bits per heavy atom. The Morgan fingerprint density at radius 3 is 2.87 bits per heavy atom. The average Bonchev–Trinajstić information content (AvgIpc) is 3.39. The number of anilines is 1. The number of carbonyl (C=O) groups is 1. The second-order valence-electron chi connectivity index (χ2n) is 8.86. The van der Waals surface area contributed by atoms with Crippen LogP contribution in [0.2, 0.25) is 0 Å². The first kappa shape index (κ1) is 18.3. The van der Waals surface area contributed by atoms with Crippen LogP contribution in [0.3, 0.4) is 0 Å². The van der Waals surface area contributed by atoms with Crippen molar-refractivity contribution in [3.63, 3.8) is 0 Å². The van der Waals surface area contributed by atoms with Crippen LogP contribution < -0.4 is 5.32 Å². The summed E-state index contributed by atoms with van der Waals surface area (Å²) < 4.78 is 1.74. The van der Waals surface area contributed by atoms with Gasteiger partial charge in [0.15, 0.2) is 5.65 Å². The number of nitrogens with one attached hydrogen (secondary N) is 2. The molecule has 1 aliphatic carbocycles. The van der Waals surface area contributed by atoms with E-state index in [9.17, 15) is 4.79 Å². The summed E-state index contributed by atoms with van der Waals surface area (Å²) in [6.07, 6.45) is 11.9. The molecule has 4 aromatic rings. The SMILES string of the molecule is CC(=O)N1CCC2(CC1)CC(Nc1ncc3c(-c4ccn5nccc5n4)c[nH]c3n1)C2. The summed E-state index contributed by atoms with van der Waals surface area (Å²) >= 11 is 0. The fourth-order valence-corrected chi connectivity index (χ4v) is 5.13. The molecule has 4 aromatic heterocycles. The van der Waals surface area contributed by atoms with Gasteiger partial charge < -0.3 is 15.2 Å². The first-order chi connectivity index (χ1) is 15.1. The lowest BCUT2D eigenvalue weighted by atomic mass is 9.60. The highest BCUT2D eigenvalue weighted by atomic mass is 16.2. The Morgan fingerprint density at radius 1 is 1.23 bits per heavy atom. The summed E-state index contributed by atoms with van der Waals surface area (Å²) in [7, 11) is 0. The van der Waals surface area contributed by atoms with E-state index >= 15 is 0 Å². The van der Waals surface area contributed by atoms with Crippen LogP contribution >= 0.6 is 0 Å². The number of aromatic nitrogens is 6. The highest BCUT2D eigenvalue weighted by molar-refractivity contribution is 5.92. The fourth-order valence-electron chi connectivity index (χ4n) is 5.13. The summed E-state index contributed by atoms with van der Waals surface area (Å²) in [5.74, 6) is 0.845. The summed E-state index contributed by atoms with van der Waals surface area (Å²) in [5.41, 5.74) is 3.82. The number of rotatable bonds is 3. The van der Waals surface area contributed by atoms with E-state index < -0.39 is 0 Å². The lowest BCUT2D eigenvalue weighted by molar-refractivity contribution is -0.132. The van der Waals surface area contributed by atoms with Crippen molar-refractivity contribution in [2.75, 3.05) is 18.4 Å². The van der Waals surface area contributed by atoms with Crippen LogP contribution in [-0.4, -0.2) is 59.5 Å². The smallest absolute Gasteiger partial charge is 0.224 e. The molecule has 0 atom stereocenters. The molecular formula is C22H24N8O. The Kier molecular flexibility index (Phi) is 3.99. The molecule has 0 radical (unpaired) electrons. The van der Waals surface area contributed by atoms with Crippen molar-refractivity contribution < 1.29 is 4.79 Å². The van der Waals surface area contributed by atoms with Crippen molar-refractivity contribution in [1.82, 2.24) is 34.4 Å². The van der Waals surface area contributed by atoms with Gasteiger partial charge in [-0.2, -0.15) is 10.1 Å². The van der Waals surface area contributed by atoms with Crippen molar-refractivity contribution in [3.05, 3.63) is 36.9 Å². The predicted octanol–water partition coefficient (Wildman–Crippen LogP) is 2.87. The number of hydrogen-bond acceptors (Lipinski definition) is 6. The van der Waals surface area contributed by atoms with E-state index in [4.69, 9.17) is 0 Å². The van der Waals surface area contributed by atoms with Gasteiger partial charge in [-0.1, -0.05) is 0 Å². The first-order valence-electron chi connectivity index (χ1n) is 10.8. The van der Waals surface area contributed by atoms with E-state index in [0.717, 1.165) is 66.7 Å². The number of H-pyrrole nitrogens is 1. The zero-order valence-corrected chi connectivity index (χ0v) is 17.4. The number of hydrogen-bond donors (Lipinski definition) is 2. The van der Waals surface area contributed by atoms with Crippen LogP contribution in [0.1, 0.15) is 32.6 Å². The van der Waals surface area contributed by atoms with Crippen molar-refractivity contribution in [2.24, 2.45) is 5.41 Å². The number of likely N-dealkylation sites (tertiary alicyclic amines) is 1. The molecule has 158 valence electrons. The van der Waals surface area contributed by atoms with Crippen LogP contribution in [0.5, 0.6) is 0 Å². The van der Waals surface area contributed by atoms with Gasteiger partial charge in [0.25, 0.3) is 0 Å². The largest absolute Gasteiger partial charge is 0.351 e. The molecule has 0 unspecified atom stereocenters. The van der Waals surface area contributed by atoms with Gasteiger partial charge in [0.2, 0.25) is 11.9 Å². The summed E-state index contributed by atoms with van der Waals surface area (Å²) in [6.45, 7) is 3.43. The van der Waals surface area contributed by atoms with Crippen molar-refractivity contribution in [2.45, 2.75) is 38.6 Å². The van der Waals surface area contributed by atoms with Gasteiger partial charge in [-0.05, 0) is 37.2 Å². The van der Waals surface area contributed by atoms with Gasteiger partial charge in [-0.25, -0.2) is 14.5 Å². The highest BCUT2D eigenvalue weighted by Gasteiger charge is 2.46. The van der Waals surface area contributed by atoms with Gasteiger partial charge in [-0.15, -0.1) is 0 Å². The van der Waals surface area contributed by atoms with E-state index in [0.29, 0.717) is 17.4 Å². The second kappa shape index (κ2) is 6.76. The molecule has 5 heterocycles. The molecule has 1 spiro atoms. The normalized spacial score (nSPS) is 18.5. The highest BCUT2D eigenvalue weighted by Crippen LogP contribution is 2.49. The molecule has 9 nitrogen and oxygen atoms in total. The quantitative estimate of drug-likeness (QED) is 0.532. The predicted molar refractivity (Wildman–Crippen MR) is 116 cm³/mol. The minimum Gasteiger partial charge on any atom is -0.351 e. The molecule has 6 rings (SSSR count). The zero-order chi connectivity index (χ0) is 21.0. The molecule has 1 aliphatic heterocycles. The van der Waals surface area contributed by atoms with Crippen LogP contribution in [-0.2, 0) is 4.79 Å². The first-order valence-corrected chi connectivity index (χ1v) is 10.8. The molecule has 2 aliphatic rings. The molecule has 1 saturated heterocycles. The number of aromatic amines is 1. The van der Waals surface area contributed by atoms with Crippen molar-refractivity contribution in [1.29, 1.82) is 0 Å². The summed E-state index contributed by atoms with van der Waals surface area (Å²) in [4.78, 5) is 30.7.